The monoisotopic (exact) mass is 309 g/mol. The summed E-state index contributed by atoms with van der Waals surface area (Å²) in [5, 5.41) is 9.21. The average molecular weight is 310 g/mol. The van der Waals surface area contributed by atoms with Crippen molar-refractivity contribution in [2.45, 2.75) is 29.5 Å². The Kier molecular flexibility index (Phi) is 3.44. The van der Waals surface area contributed by atoms with Gasteiger partial charge in [-0.3, -0.25) is 4.79 Å². The molecular formula is C10H12ClNO4S2. The number of aliphatic carboxylic acids is 1. The van der Waals surface area contributed by atoms with Gasteiger partial charge in [-0.05, 0) is 37.8 Å². The number of carboxylic acid groups (broad SMARTS) is 1. The molecule has 0 aromatic carbocycles. The molecule has 1 fully saturated rings. The Hall–Kier alpha value is -0.630. The number of thiophene rings is 1. The largest absolute Gasteiger partial charge is 0.480 e. The molecule has 1 atom stereocenters. The highest BCUT2D eigenvalue weighted by molar-refractivity contribution is 7.91. The smallest absolute Gasteiger partial charge is 0.324 e. The zero-order valence-electron chi connectivity index (χ0n) is 9.51. The molecule has 8 heteroatoms. The van der Waals surface area contributed by atoms with Gasteiger partial charge in [0, 0.05) is 0 Å². The van der Waals surface area contributed by atoms with E-state index in [0.717, 1.165) is 24.2 Å². The molecule has 100 valence electrons. The second kappa shape index (κ2) is 4.48. The van der Waals surface area contributed by atoms with Crippen molar-refractivity contribution in [1.29, 1.82) is 0 Å². The minimum absolute atomic E-state index is 0.0284. The van der Waals surface area contributed by atoms with E-state index in [9.17, 15) is 18.3 Å². The van der Waals surface area contributed by atoms with E-state index in [4.69, 9.17) is 11.6 Å². The first kappa shape index (κ1) is 13.8. The molecule has 1 unspecified atom stereocenters. The van der Waals surface area contributed by atoms with Crippen LogP contribution in [0.4, 0.5) is 0 Å². The molecule has 0 saturated heterocycles. The number of sulfonamides is 1. The number of halogens is 1. The molecule has 5 nitrogen and oxygen atoms in total. The molecular weight excluding hydrogens is 298 g/mol. The predicted molar refractivity (Wildman–Crippen MR) is 68.4 cm³/mol. The Morgan fingerprint density at radius 3 is 2.56 bits per heavy atom. The molecule has 1 heterocycles. The Labute approximate surface area is 114 Å². The van der Waals surface area contributed by atoms with Crippen LogP contribution in [0, 0.1) is 5.92 Å². The lowest BCUT2D eigenvalue weighted by molar-refractivity contribution is -0.144. The van der Waals surface area contributed by atoms with Crippen LogP contribution in [-0.2, 0) is 14.8 Å². The van der Waals surface area contributed by atoms with Gasteiger partial charge in [0.1, 0.15) is 9.75 Å². The second-order valence-electron chi connectivity index (χ2n) is 4.45. The molecule has 1 aliphatic carbocycles. The van der Waals surface area contributed by atoms with E-state index in [1.54, 1.807) is 0 Å². The Balaban J connectivity index is 2.29. The van der Waals surface area contributed by atoms with Crippen LogP contribution in [0.15, 0.2) is 16.3 Å². The molecule has 0 amide bonds. The molecule has 18 heavy (non-hydrogen) atoms. The molecule has 2 N–H and O–H groups in total. The van der Waals surface area contributed by atoms with Crippen LogP contribution < -0.4 is 4.72 Å². The van der Waals surface area contributed by atoms with E-state index in [0.29, 0.717) is 4.34 Å². The van der Waals surface area contributed by atoms with E-state index >= 15 is 0 Å². The van der Waals surface area contributed by atoms with Crippen LogP contribution >= 0.6 is 22.9 Å². The third-order valence-electron chi connectivity index (χ3n) is 3.00. The van der Waals surface area contributed by atoms with Gasteiger partial charge in [-0.25, -0.2) is 8.42 Å². The summed E-state index contributed by atoms with van der Waals surface area (Å²) < 4.78 is 26.8. The Morgan fingerprint density at radius 2 is 2.17 bits per heavy atom. The van der Waals surface area contributed by atoms with Gasteiger partial charge in [-0.2, -0.15) is 4.72 Å². The van der Waals surface area contributed by atoms with E-state index in [-0.39, 0.29) is 10.1 Å². The average Bonchev–Trinajstić information content (AvgIpc) is 3.01. The van der Waals surface area contributed by atoms with Crippen LogP contribution in [0.5, 0.6) is 0 Å². The van der Waals surface area contributed by atoms with Gasteiger partial charge in [-0.15, -0.1) is 11.3 Å². The lowest BCUT2D eigenvalue weighted by Gasteiger charge is -2.25. The fourth-order valence-corrected chi connectivity index (χ4v) is 4.64. The third kappa shape index (κ3) is 2.54. The number of rotatable bonds is 5. The number of nitrogens with one attached hydrogen (secondary N) is 1. The van der Waals surface area contributed by atoms with E-state index < -0.39 is 21.5 Å². The summed E-state index contributed by atoms with van der Waals surface area (Å²) in [7, 11) is -3.84. The Bertz CT molecular complexity index is 578. The zero-order chi connectivity index (χ0) is 13.6. The molecule has 1 aromatic rings. The first-order chi connectivity index (χ1) is 8.25. The molecule has 1 aliphatic rings. The van der Waals surface area contributed by atoms with Crippen molar-refractivity contribution in [1.82, 2.24) is 4.72 Å². The minimum atomic E-state index is -3.84. The summed E-state index contributed by atoms with van der Waals surface area (Å²) in [6.07, 6.45) is 1.44. The molecule has 0 radical (unpaired) electrons. The lowest BCUT2D eigenvalue weighted by atomic mass is 9.98. The zero-order valence-corrected chi connectivity index (χ0v) is 11.9. The molecule has 0 aliphatic heterocycles. The van der Waals surface area contributed by atoms with Crippen molar-refractivity contribution < 1.29 is 18.3 Å². The summed E-state index contributed by atoms with van der Waals surface area (Å²) in [6.45, 7) is 1.40. The van der Waals surface area contributed by atoms with Gasteiger partial charge in [0.05, 0.1) is 4.34 Å². The molecule has 2 rings (SSSR count). The highest BCUT2D eigenvalue weighted by Crippen LogP contribution is 2.41. The molecule has 0 spiro atoms. The van der Waals surface area contributed by atoms with Crippen molar-refractivity contribution in [2.24, 2.45) is 5.92 Å². The first-order valence-electron chi connectivity index (χ1n) is 5.28. The van der Waals surface area contributed by atoms with Gasteiger partial charge < -0.3 is 5.11 Å². The van der Waals surface area contributed by atoms with Crippen LogP contribution in [-0.4, -0.2) is 25.0 Å². The van der Waals surface area contributed by atoms with E-state index in [2.05, 4.69) is 4.72 Å². The normalized spacial score (nSPS) is 19.4. The van der Waals surface area contributed by atoms with E-state index in [1.807, 2.05) is 0 Å². The molecule has 1 saturated carbocycles. The van der Waals surface area contributed by atoms with Crippen LogP contribution in [0.3, 0.4) is 0 Å². The highest BCUT2D eigenvalue weighted by Gasteiger charge is 2.50. The fraction of sp³-hybridized carbons (Fsp3) is 0.500. The summed E-state index contributed by atoms with van der Waals surface area (Å²) >= 11 is 6.59. The van der Waals surface area contributed by atoms with Crippen molar-refractivity contribution in [2.75, 3.05) is 0 Å². The van der Waals surface area contributed by atoms with Gasteiger partial charge >= 0.3 is 5.97 Å². The molecule has 0 bridgehead atoms. The maximum atomic E-state index is 12.1. The number of carbonyl (C=O) groups is 1. The number of hydrogen-bond acceptors (Lipinski definition) is 4. The van der Waals surface area contributed by atoms with Gasteiger partial charge in [0.2, 0.25) is 0 Å². The summed E-state index contributed by atoms with van der Waals surface area (Å²) in [6, 6.07) is 2.83. The maximum absolute atomic E-state index is 12.1. The quantitative estimate of drug-likeness (QED) is 0.870. The minimum Gasteiger partial charge on any atom is -0.480 e. The molecule has 1 aromatic heterocycles. The third-order valence-corrected chi connectivity index (χ3v) is 6.29. The van der Waals surface area contributed by atoms with Crippen LogP contribution in [0.25, 0.3) is 0 Å². The number of hydrogen-bond donors (Lipinski definition) is 2. The first-order valence-corrected chi connectivity index (χ1v) is 7.96. The number of carboxylic acids is 1. The lowest BCUT2D eigenvalue weighted by Crippen LogP contribution is -2.53. The predicted octanol–water partition coefficient (Wildman–Crippen LogP) is 1.93. The van der Waals surface area contributed by atoms with Gasteiger partial charge in [0.15, 0.2) is 0 Å². The van der Waals surface area contributed by atoms with Crippen molar-refractivity contribution in [3.63, 3.8) is 0 Å². The summed E-state index contributed by atoms with van der Waals surface area (Å²) in [4.78, 5) is 11.3. The van der Waals surface area contributed by atoms with Crippen LogP contribution in [0.2, 0.25) is 4.34 Å². The Morgan fingerprint density at radius 1 is 1.56 bits per heavy atom. The van der Waals surface area contributed by atoms with Crippen molar-refractivity contribution in [3.8, 4) is 0 Å². The highest BCUT2D eigenvalue weighted by atomic mass is 35.5. The van der Waals surface area contributed by atoms with Crippen molar-refractivity contribution >= 4 is 38.9 Å². The second-order valence-corrected chi connectivity index (χ2v) is 8.07. The topological polar surface area (TPSA) is 83.5 Å². The maximum Gasteiger partial charge on any atom is 0.324 e. The van der Waals surface area contributed by atoms with Gasteiger partial charge in [-0.1, -0.05) is 11.6 Å². The van der Waals surface area contributed by atoms with Crippen molar-refractivity contribution in [3.05, 3.63) is 16.5 Å². The van der Waals surface area contributed by atoms with Gasteiger partial charge in [0.25, 0.3) is 10.0 Å². The fourth-order valence-electron chi connectivity index (χ4n) is 1.73. The van der Waals surface area contributed by atoms with E-state index in [1.165, 1.54) is 19.1 Å². The summed E-state index contributed by atoms with van der Waals surface area (Å²) in [5.41, 5.74) is -1.45. The van der Waals surface area contributed by atoms with Crippen LogP contribution in [0.1, 0.15) is 19.8 Å². The summed E-state index contributed by atoms with van der Waals surface area (Å²) in [5.74, 6) is -1.31. The standard InChI is InChI=1S/C10H12ClNO4S2/c1-10(9(13)14,6-2-3-6)12-18(15,16)8-5-4-7(11)17-8/h4-6,12H,2-3H2,1H3,(H,13,14). The SMILES string of the molecule is CC(NS(=O)(=O)c1ccc(Cl)s1)(C(=O)O)C1CC1.